The number of nitrogens with one attached hydrogen (secondary N) is 2. The van der Waals surface area contributed by atoms with E-state index in [1.165, 1.54) is 4.88 Å². The highest BCUT2D eigenvalue weighted by molar-refractivity contribution is 7.11. The number of ether oxygens (including phenoxy) is 1. The number of aryl methyl sites for hydroxylation is 2. The van der Waals surface area contributed by atoms with Gasteiger partial charge in [-0.15, -0.1) is 11.3 Å². The summed E-state index contributed by atoms with van der Waals surface area (Å²) >= 11 is 7.54. The summed E-state index contributed by atoms with van der Waals surface area (Å²) in [6, 6.07) is 7.34. The van der Waals surface area contributed by atoms with Gasteiger partial charge in [0.1, 0.15) is 12.4 Å². The first-order chi connectivity index (χ1) is 11.6. The molecule has 0 aliphatic carbocycles. The highest BCUT2D eigenvalue weighted by Crippen LogP contribution is 2.18. The van der Waals surface area contributed by atoms with Gasteiger partial charge in [0, 0.05) is 16.4 Å². The SMILES string of the molecule is CCNC(=NCc1sc(C)nc1C)NCCOc1ccc(Cl)cc1. The molecular weight excluding hydrogens is 344 g/mol. The second-order valence-corrected chi connectivity index (χ2v) is 6.89. The van der Waals surface area contributed by atoms with Crippen LogP contribution in [0.1, 0.15) is 22.5 Å². The lowest BCUT2D eigenvalue weighted by atomic mass is 10.3. The van der Waals surface area contributed by atoms with Crippen molar-refractivity contribution < 1.29 is 4.74 Å². The van der Waals surface area contributed by atoms with Gasteiger partial charge >= 0.3 is 0 Å². The number of nitrogens with zero attached hydrogens (tertiary/aromatic N) is 2. The van der Waals surface area contributed by atoms with Crippen molar-refractivity contribution in [1.82, 2.24) is 15.6 Å². The Morgan fingerprint density at radius 3 is 2.62 bits per heavy atom. The van der Waals surface area contributed by atoms with Gasteiger partial charge < -0.3 is 15.4 Å². The van der Waals surface area contributed by atoms with Gasteiger partial charge in [0.05, 0.1) is 23.8 Å². The Balaban J connectivity index is 1.80. The smallest absolute Gasteiger partial charge is 0.191 e. The van der Waals surface area contributed by atoms with Crippen LogP contribution in [0, 0.1) is 13.8 Å². The van der Waals surface area contributed by atoms with Crippen molar-refractivity contribution in [3.05, 3.63) is 44.9 Å². The molecule has 0 unspecified atom stereocenters. The Bertz CT molecular complexity index is 670. The van der Waals surface area contributed by atoms with Crippen LogP contribution >= 0.6 is 22.9 Å². The third-order valence-corrected chi connectivity index (χ3v) is 4.51. The Hall–Kier alpha value is -1.79. The number of hydrogen-bond donors (Lipinski definition) is 2. The highest BCUT2D eigenvalue weighted by Gasteiger charge is 2.04. The Morgan fingerprint density at radius 2 is 2.00 bits per heavy atom. The molecule has 7 heteroatoms. The van der Waals surface area contributed by atoms with E-state index < -0.39 is 0 Å². The largest absolute Gasteiger partial charge is 0.492 e. The first-order valence-electron chi connectivity index (χ1n) is 7.92. The van der Waals surface area contributed by atoms with E-state index in [1.807, 2.05) is 45.0 Å². The number of guanidine groups is 1. The Kier molecular flexibility index (Phi) is 7.34. The van der Waals surface area contributed by atoms with E-state index in [-0.39, 0.29) is 0 Å². The summed E-state index contributed by atoms with van der Waals surface area (Å²) in [5.74, 6) is 1.58. The molecule has 0 bridgehead atoms. The lowest BCUT2D eigenvalue weighted by molar-refractivity contribution is 0.322. The molecule has 0 spiro atoms. The zero-order valence-electron chi connectivity index (χ0n) is 14.2. The standard InChI is InChI=1S/C17H23ClN4OS/c1-4-19-17(21-11-16-12(2)22-13(3)24-16)20-9-10-23-15-7-5-14(18)6-8-15/h5-8H,4,9-11H2,1-3H3,(H2,19,20,21). The zero-order chi connectivity index (χ0) is 17.4. The van der Waals surface area contributed by atoms with Gasteiger partial charge in [-0.2, -0.15) is 0 Å². The topological polar surface area (TPSA) is 58.5 Å². The number of aliphatic imine (C=N–C) groups is 1. The molecule has 24 heavy (non-hydrogen) atoms. The van der Waals surface area contributed by atoms with Crippen LogP contribution < -0.4 is 15.4 Å². The number of thiazole rings is 1. The molecule has 0 aliphatic heterocycles. The predicted molar refractivity (Wildman–Crippen MR) is 101 cm³/mol. The van der Waals surface area contributed by atoms with E-state index in [4.69, 9.17) is 16.3 Å². The average molecular weight is 367 g/mol. The molecule has 0 saturated heterocycles. The molecule has 130 valence electrons. The fourth-order valence-electron chi connectivity index (χ4n) is 2.08. The maximum atomic E-state index is 5.85. The molecule has 1 aromatic carbocycles. The van der Waals surface area contributed by atoms with Gasteiger partial charge in [-0.25, -0.2) is 9.98 Å². The van der Waals surface area contributed by atoms with Crippen molar-refractivity contribution in [2.75, 3.05) is 19.7 Å². The third kappa shape index (κ3) is 6.02. The number of hydrogen-bond acceptors (Lipinski definition) is 4. The lowest BCUT2D eigenvalue weighted by Gasteiger charge is -2.12. The molecule has 2 rings (SSSR count). The average Bonchev–Trinajstić information content (AvgIpc) is 2.88. The molecule has 0 amide bonds. The maximum absolute atomic E-state index is 5.85. The number of rotatable bonds is 7. The quantitative estimate of drug-likeness (QED) is 0.447. The van der Waals surface area contributed by atoms with Crippen LogP contribution in [0.4, 0.5) is 0 Å². The van der Waals surface area contributed by atoms with Gasteiger partial charge in [-0.1, -0.05) is 11.6 Å². The van der Waals surface area contributed by atoms with Crippen molar-refractivity contribution >= 4 is 28.9 Å². The summed E-state index contributed by atoms with van der Waals surface area (Å²) in [5.41, 5.74) is 1.06. The second kappa shape index (κ2) is 9.49. The minimum Gasteiger partial charge on any atom is -0.492 e. The summed E-state index contributed by atoms with van der Waals surface area (Å²) in [4.78, 5) is 10.2. The van der Waals surface area contributed by atoms with E-state index >= 15 is 0 Å². The number of aromatic nitrogens is 1. The molecule has 1 aromatic heterocycles. The van der Waals surface area contributed by atoms with E-state index in [0.717, 1.165) is 29.0 Å². The fraction of sp³-hybridized carbons (Fsp3) is 0.412. The van der Waals surface area contributed by atoms with Crippen LogP contribution in [0.25, 0.3) is 0 Å². The summed E-state index contributed by atoms with van der Waals surface area (Å²) in [6.07, 6.45) is 0. The maximum Gasteiger partial charge on any atom is 0.191 e. The molecule has 5 nitrogen and oxygen atoms in total. The molecule has 0 saturated carbocycles. The molecule has 2 N–H and O–H groups in total. The third-order valence-electron chi connectivity index (χ3n) is 3.20. The number of halogens is 1. The van der Waals surface area contributed by atoms with Crippen molar-refractivity contribution in [3.63, 3.8) is 0 Å². The predicted octanol–water partition coefficient (Wildman–Crippen LogP) is 3.55. The van der Waals surface area contributed by atoms with Crippen LogP contribution in [-0.4, -0.2) is 30.6 Å². The molecule has 1 heterocycles. The fourth-order valence-corrected chi connectivity index (χ4v) is 3.07. The van der Waals surface area contributed by atoms with Crippen LogP contribution in [-0.2, 0) is 6.54 Å². The minimum atomic E-state index is 0.546. The van der Waals surface area contributed by atoms with Crippen LogP contribution in [0.3, 0.4) is 0 Å². The van der Waals surface area contributed by atoms with Crippen LogP contribution in [0.15, 0.2) is 29.3 Å². The summed E-state index contributed by atoms with van der Waals surface area (Å²) in [7, 11) is 0. The van der Waals surface area contributed by atoms with Gasteiger partial charge in [-0.3, -0.25) is 0 Å². The Morgan fingerprint density at radius 1 is 1.25 bits per heavy atom. The first kappa shape index (κ1) is 18.5. The first-order valence-corrected chi connectivity index (χ1v) is 9.11. The van der Waals surface area contributed by atoms with Crippen molar-refractivity contribution in [1.29, 1.82) is 0 Å². The summed E-state index contributed by atoms with van der Waals surface area (Å²) < 4.78 is 5.66. The normalized spacial score (nSPS) is 11.4. The molecule has 0 fully saturated rings. The molecule has 0 atom stereocenters. The van der Waals surface area contributed by atoms with Crippen molar-refractivity contribution in [2.24, 2.45) is 4.99 Å². The second-order valence-electron chi connectivity index (χ2n) is 5.17. The molecule has 0 radical (unpaired) electrons. The Labute approximate surface area is 152 Å². The monoisotopic (exact) mass is 366 g/mol. The molecule has 0 aliphatic rings. The summed E-state index contributed by atoms with van der Waals surface area (Å²) in [6.45, 7) is 8.73. The highest BCUT2D eigenvalue weighted by atomic mass is 35.5. The summed E-state index contributed by atoms with van der Waals surface area (Å²) in [5, 5.41) is 8.29. The van der Waals surface area contributed by atoms with E-state index in [9.17, 15) is 0 Å². The van der Waals surface area contributed by atoms with Crippen LogP contribution in [0.5, 0.6) is 5.75 Å². The lowest BCUT2D eigenvalue weighted by Crippen LogP contribution is -2.39. The van der Waals surface area contributed by atoms with E-state index in [1.54, 1.807) is 11.3 Å². The zero-order valence-corrected chi connectivity index (χ0v) is 15.8. The molecular formula is C17H23ClN4OS. The van der Waals surface area contributed by atoms with Gasteiger partial charge in [0.15, 0.2) is 5.96 Å². The van der Waals surface area contributed by atoms with Crippen LogP contribution in [0.2, 0.25) is 5.02 Å². The van der Waals surface area contributed by atoms with Gasteiger partial charge in [0.2, 0.25) is 0 Å². The van der Waals surface area contributed by atoms with Crippen molar-refractivity contribution in [3.8, 4) is 5.75 Å². The van der Waals surface area contributed by atoms with Gasteiger partial charge in [-0.05, 0) is 45.0 Å². The number of benzene rings is 1. The van der Waals surface area contributed by atoms with Crippen molar-refractivity contribution in [2.45, 2.75) is 27.3 Å². The van der Waals surface area contributed by atoms with Gasteiger partial charge in [0.25, 0.3) is 0 Å². The molecule has 2 aromatic rings. The minimum absolute atomic E-state index is 0.546. The van der Waals surface area contributed by atoms with E-state index in [2.05, 4.69) is 20.6 Å². The van der Waals surface area contributed by atoms with E-state index in [0.29, 0.717) is 24.7 Å².